The van der Waals surface area contributed by atoms with E-state index < -0.39 is 6.10 Å². The number of piperidine rings is 1. The highest BCUT2D eigenvalue weighted by Crippen LogP contribution is 2.48. The molecule has 5 unspecified atom stereocenters. The van der Waals surface area contributed by atoms with Gasteiger partial charge in [-0.1, -0.05) is 126 Å². The van der Waals surface area contributed by atoms with Gasteiger partial charge in [-0.2, -0.15) is 0 Å². The van der Waals surface area contributed by atoms with Crippen LogP contribution in [-0.2, 0) is 28.7 Å². The summed E-state index contributed by atoms with van der Waals surface area (Å²) in [6.07, 6.45) is 10.2. The third kappa shape index (κ3) is 15.8. The van der Waals surface area contributed by atoms with Crippen molar-refractivity contribution < 1.29 is 28.7 Å². The summed E-state index contributed by atoms with van der Waals surface area (Å²) in [6, 6.07) is 27.0. The molecule has 1 aliphatic carbocycles. The number of nitrogens with zero attached hydrogens (tertiary/aromatic N) is 5. The minimum Gasteiger partial charge on any atom is -0.471 e. The van der Waals surface area contributed by atoms with Crippen LogP contribution in [0.4, 0.5) is 0 Å². The molecule has 2 aromatic heterocycles. The quantitative estimate of drug-likeness (QED) is 0.0761. The van der Waals surface area contributed by atoms with E-state index in [0.29, 0.717) is 48.3 Å². The normalized spacial score (nSPS) is 17.1. The number of carbonyl (C=O) groups is 4. The molecule has 364 valence electrons. The van der Waals surface area contributed by atoms with E-state index in [9.17, 15) is 14.4 Å². The van der Waals surface area contributed by atoms with Crippen LogP contribution in [-0.4, -0.2) is 121 Å². The summed E-state index contributed by atoms with van der Waals surface area (Å²) in [7, 11) is 13.1. The number of fused-ring (bicyclic) bond motifs is 2. The number of unbranched alkanes of at least 4 members (excludes halogenated alkanes) is 1. The molecule has 3 aromatic carbocycles. The Balaban J connectivity index is 0.000000567. The predicted octanol–water partition coefficient (Wildman–Crippen LogP) is 9.32. The van der Waals surface area contributed by atoms with Crippen molar-refractivity contribution in [1.29, 1.82) is 0 Å². The first-order valence-corrected chi connectivity index (χ1v) is 23.5. The van der Waals surface area contributed by atoms with Crippen LogP contribution in [0.3, 0.4) is 0 Å². The number of amides is 1. The number of imidazole rings is 2. The van der Waals surface area contributed by atoms with Gasteiger partial charge in [0.05, 0.1) is 49.0 Å². The molecule has 3 heterocycles. The third-order valence-corrected chi connectivity index (χ3v) is 11.9. The predicted molar refractivity (Wildman–Crippen MR) is 268 cm³/mol. The Morgan fingerprint density at radius 1 is 0.836 bits per heavy atom. The van der Waals surface area contributed by atoms with E-state index in [4.69, 9.17) is 19.5 Å². The van der Waals surface area contributed by atoms with Crippen LogP contribution < -0.4 is 5.32 Å². The molecule has 67 heavy (non-hydrogen) atoms. The molecule has 2 bridgehead atoms. The van der Waals surface area contributed by atoms with Crippen molar-refractivity contribution in [1.82, 2.24) is 40.0 Å². The van der Waals surface area contributed by atoms with Crippen molar-refractivity contribution in [2.75, 3.05) is 49.4 Å². The smallest absolute Gasteiger partial charge is 0.294 e. The van der Waals surface area contributed by atoms with E-state index in [1.54, 1.807) is 31.1 Å². The summed E-state index contributed by atoms with van der Waals surface area (Å²) >= 11 is 0. The molecule has 3 N–H and O–H groups in total. The van der Waals surface area contributed by atoms with Crippen LogP contribution in [0.2, 0.25) is 0 Å². The maximum absolute atomic E-state index is 13.6. The molecule has 1 amide bonds. The van der Waals surface area contributed by atoms with Crippen molar-refractivity contribution in [2.24, 2.45) is 11.8 Å². The average molecular weight is 921 g/mol. The number of H-pyrrole nitrogens is 2. The highest BCUT2D eigenvalue weighted by molar-refractivity contribution is 5.83. The number of ether oxygens (including phenoxy) is 2. The van der Waals surface area contributed by atoms with Gasteiger partial charge < -0.3 is 39.4 Å². The number of aromatic nitrogens is 4. The lowest BCUT2D eigenvalue weighted by molar-refractivity contribution is -0.153. The zero-order valence-electron chi connectivity index (χ0n) is 41.9. The van der Waals surface area contributed by atoms with Gasteiger partial charge in [0.25, 0.3) is 18.9 Å². The van der Waals surface area contributed by atoms with E-state index in [1.165, 1.54) is 26.4 Å². The number of nitrogens with one attached hydrogen (secondary N) is 3. The Labute approximate surface area is 399 Å². The standard InChI is InChI=1S/C40H44N6O3.C6H13NO.C3H9N.C2H4O2.C2H6/c1-4-5-11-35(46(3)40(48)37(49-25-47)30-9-7-6-8-10-30)38-41-23-33(43-38)28-16-12-26(13-17-28)27-14-18-29(19-15-27)34-24-42-39(44-34)36-31-20-21-32(22-31)45(36)2;1-5(2)6(4-8)7-3;1-4(2)3;1-4-2-3;1-2/h6-10,12-19,23-25,31-32,35-37H,4-5,11,20-22H2,1-3H3,(H,41,43)(H,42,44);4-7H,1-3H3;1-3H3;2H,1H3;1-2H3/t31?,32?,35-,36?,37?;;;;/m0..../s1. The van der Waals surface area contributed by atoms with Gasteiger partial charge in [0.1, 0.15) is 17.9 Å². The summed E-state index contributed by atoms with van der Waals surface area (Å²) in [5.74, 6) is 2.60. The van der Waals surface area contributed by atoms with E-state index in [0.717, 1.165) is 65.0 Å². The maximum atomic E-state index is 13.6. The SMILES string of the molecule is CC.CCCC[C@@H](c1ncc(-c2ccc(-c3ccc(-c4cnc(C5C6CCC(C6)N5C)[nH]4)cc3)cc2)[nH]1)N(C)C(=O)C(OC=O)c1ccccc1.CN(C)C.CNC(C=O)C(C)C.COC=O. The second-order valence-electron chi connectivity index (χ2n) is 17.4. The largest absolute Gasteiger partial charge is 0.471 e. The number of hydrogen-bond donors (Lipinski definition) is 3. The fraction of sp³-hybridized carbons (Fsp3) is 0.472. The Morgan fingerprint density at radius 2 is 1.37 bits per heavy atom. The van der Waals surface area contributed by atoms with Gasteiger partial charge in [-0.05, 0) is 95.0 Å². The highest BCUT2D eigenvalue weighted by atomic mass is 16.5. The second-order valence-corrected chi connectivity index (χ2v) is 17.4. The van der Waals surface area contributed by atoms with Gasteiger partial charge in [-0.3, -0.25) is 19.3 Å². The van der Waals surface area contributed by atoms with E-state index in [2.05, 4.69) is 87.4 Å². The van der Waals surface area contributed by atoms with Crippen molar-refractivity contribution in [2.45, 2.75) is 103 Å². The lowest BCUT2D eigenvalue weighted by Gasteiger charge is -2.30. The van der Waals surface area contributed by atoms with Gasteiger partial charge in [0, 0.05) is 18.7 Å². The van der Waals surface area contributed by atoms with Crippen LogP contribution >= 0.6 is 0 Å². The van der Waals surface area contributed by atoms with Crippen molar-refractivity contribution in [3.8, 4) is 33.6 Å². The molecular weight excluding hydrogens is 845 g/mol. The van der Waals surface area contributed by atoms with E-state index >= 15 is 0 Å². The monoisotopic (exact) mass is 921 g/mol. The lowest BCUT2D eigenvalue weighted by Crippen LogP contribution is -2.36. The molecule has 5 aromatic rings. The molecule has 2 aliphatic rings. The molecule has 1 aliphatic heterocycles. The third-order valence-electron chi connectivity index (χ3n) is 11.9. The number of rotatable bonds is 17. The van der Waals surface area contributed by atoms with Crippen molar-refractivity contribution in [3.05, 3.63) is 108 Å². The summed E-state index contributed by atoms with van der Waals surface area (Å²) < 4.78 is 9.14. The fourth-order valence-corrected chi connectivity index (χ4v) is 8.37. The number of likely N-dealkylation sites (tertiary alicyclic amines) is 1. The van der Waals surface area contributed by atoms with Gasteiger partial charge in [0.2, 0.25) is 6.10 Å². The summed E-state index contributed by atoms with van der Waals surface area (Å²) in [5.41, 5.74) is 6.95. The molecule has 1 saturated carbocycles. The van der Waals surface area contributed by atoms with Crippen LogP contribution in [0.5, 0.6) is 0 Å². The number of aromatic amines is 2. The minimum atomic E-state index is -1.02. The average Bonchev–Trinajstić information content (AvgIpc) is 4.19. The Morgan fingerprint density at radius 3 is 1.82 bits per heavy atom. The molecule has 6 atom stereocenters. The number of methoxy groups -OCH3 is 1. The maximum Gasteiger partial charge on any atom is 0.294 e. The van der Waals surface area contributed by atoms with Gasteiger partial charge in [-0.25, -0.2) is 9.97 Å². The molecule has 7 rings (SSSR count). The first-order valence-electron chi connectivity index (χ1n) is 23.5. The van der Waals surface area contributed by atoms with Gasteiger partial charge in [-0.15, -0.1) is 0 Å². The number of aldehydes is 1. The van der Waals surface area contributed by atoms with Crippen LogP contribution in [0, 0.1) is 11.8 Å². The Kier molecular flexibility index (Phi) is 23.9. The van der Waals surface area contributed by atoms with E-state index in [1.807, 2.05) is 84.3 Å². The molecule has 2 fully saturated rings. The van der Waals surface area contributed by atoms with Crippen molar-refractivity contribution >= 4 is 25.1 Å². The number of benzene rings is 3. The minimum absolute atomic E-state index is 0.0231. The summed E-state index contributed by atoms with van der Waals surface area (Å²) in [6.45, 7) is 10.8. The topological polar surface area (TPSA) is 166 Å². The Bertz CT molecular complexity index is 2170. The second kappa shape index (κ2) is 28.9. The Hall–Kier alpha value is -5.96. The summed E-state index contributed by atoms with van der Waals surface area (Å²) in [5, 5.41) is 2.88. The zero-order valence-corrected chi connectivity index (χ0v) is 41.9. The molecule has 0 radical (unpaired) electrons. The van der Waals surface area contributed by atoms with Gasteiger partial charge in [0.15, 0.2) is 0 Å². The summed E-state index contributed by atoms with van der Waals surface area (Å²) in [4.78, 5) is 66.8. The molecule has 14 nitrogen and oxygen atoms in total. The molecule has 1 saturated heterocycles. The lowest BCUT2D eigenvalue weighted by atomic mass is 9.98. The first kappa shape index (κ1) is 55.4. The molecular formula is C53H76N8O6. The highest BCUT2D eigenvalue weighted by Gasteiger charge is 2.45. The number of hydrogen-bond acceptors (Lipinski definition) is 11. The van der Waals surface area contributed by atoms with Crippen LogP contribution in [0.25, 0.3) is 33.6 Å². The molecule has 0 spiro atoms. The van der Waals surface area contributed by atoms with Gasteiger partial charge >= 0.3 is 0 Å². The number of likely N-dealkylation sites (N-methyl/N-ethyl adjacent to an activating group) is 2. The number of carbonyl (C=O) groups excluding carboxylic acids is 4. The fourth-order valence-electron chi connectivity index (χ4n) is 8.37. The van der Waals surface area contributed by atoms with Crippen LogP contribution in [0.1, 0.15) is 109 Å². The first-order chi connectivity index (χ1) is 32.3. The van der Waals surface area contributed by atoms with Crippen molar-refractivity contribution in [3.63, 3.8) is 0 Å². The molecule has 14 heteroatoms. The zero-order chi connectivity index (χ0) is 49.5. The van der Waals surface area contributed by atoms with Crippen LogP contribution in [0.15, 0.2) is 91.3 Å². The van der Waals surface area contributed by atoms with E-state index in [-0.39, 0.29) is 18.0 Å².